The molecule has 0 amide bonds. The molecule has 2 aromatic rings. The summed E-state index contributed by atoms with van der Waals surface area (Å²) >= 11 is 6.11. The van der Waals surface area contributed by atoms with Crippen molar-refractivity contribution in [1.29, 1.82) is 0 Å². The number of fused-ring (bicyclic) bond motifs is 1. The normalized spacial score (nSPS) is 18.3. The Morgan fingerprint density at radius 1 is 1.50 bits per heavy atom. The monoisotopic (exact) mass is 348 g/mol. The van der Waals surface area contributed by atoms with E-state index in [4.69, 9.17) is 16.3 Å². The molecule has 0 saturated carbocycles. The van der Waals surface area contributed by atoms with Gasteiger partial charge in [0.1, 0.15) is 0 Å². The third kappa shape index (κ3) is 4.02. The summed E-state index contributed by atoms with van der Waals surface area (Å²) in [6.07, 6.45) is 4.11. The Balaban J connectivity index is 1.54. The molecule has 5 nitrogen and oxygen atoms in total. The van der Waals surface area contributed by atoms with Crippen LogP contribution in [0.1, 0.15) is 12.0 Å². The number of benzene rings is 1. The molecule has 0 radical (unpaired) electrons. The lowest BCUT2D eigenvalue weighted by Gasteiger charge is -2.24. The summed E-state index contributed by atoms with van der Waals surface area (Å²) in [7, 11) is 3.91. The first-order valence-corrected chi connectivity index (χ1v) is 8.80. The zero-order valence-corrected chi connectivity index (χ0v) is 15.1. The molecule has 2 N–H and O–H groups in total. The highest BCUT2D eigenvalue weighted by Crippen LogP contribution is 2.22. The number of H-pyrrole nitrogens is 1. The molecule has 1 fully saturated rings. The quantitative estimate of drug-likeness (QED) is 0.645. The molecular formula is C18H25ClN4O. The molecule has 130 valence electrons. The summed E-state index contributed by atoms with van der Waals surface area (Å²) in [6.45, 7) is 3.55. The Morgan fingerprint density at radius 2 is 2.38 bits per heavy atom. The van der Waals surface area contributed by atoms with Gasteiger partial charge in [0.25, 0.3) is 0 Å². The Bertz CT molecular complexity index is 706. The number of halogens is 1. The minimum Gasteiger partial charge on any atom is -0.381 e. The third-order valence-corrected chi connectivity index (χ3v) is 4.77. The number of nitrogens with zero attached hydrogens (tertiary/aromatic N) is 2. The van der Waals surface area contributed by atoms with Crippen molar-refractivity contribution in [2.24, 2.45) is 10.9 Å². The molecule has 1 saturated heterocycles. The van der Waals surface area contributed by atoms with Crippen LogP contribution >= 0.6 is 11.6 Å². The van der Waals surface area contributed by atoms with Gasteiger partial charge >= 0.3 is 0 Å². The average Bonchev–Trinajstić information content (AvgIpc) is 3.21. The van der Waals surface area contributed by atoms with Gasteiger partial charge in [-0.15, -0.1) is 0 Å². The topological polar surface area (TPSA) is 52.7 Å². The van der Waals surface area contributed by atoms with Crippen LogP contribution in [0.2, 0.25) is 5.02 Å². The predicted octanol–water partition coefficient (Wildman–Crippen LogP) is 2.91. The molecule has 0 aliphatic carbocycles. The number of aromatic amines is 1. The highest BCUT2D eigenvalue weighted by Gasteiger charge is 2.19. The van der Waals surface area contributed by atoms with Gasteiger partial charge in [-0.1, -0.05) is 11.6 Å². The zero-order chi connectivity index (χ0) is 16.9. The molecular weight excluding hydrogens is 324 g/mol. The first-order valence-electron chi connectivity index (χ1n) is 8.42. The van der Waals surface area contributed by atoms with Crippen LogP contribution in [0.15, 0.2) is 29.4 Å². The van der Waals surface area contributed by atoms with Crippen LogP contribution in [0.3, 0.4) is 0 Å². The molecule has 1 aliphatic heterocycles. The van der Waals surface area contributed by atoms with Crippen molar-refractivity contribution < 1.29 is 4.74 Å². The first kappa shape index (κ1) is 17.1. The Morgan fingerprint density at radius 3 is 3.12 bits per heavy atom. The van der Waals surface area contributed by atoms with E-state index in [-0.39, 0.29) is 0 Å². The largest absolute Gasteiger partial charge is 0.381 e. The maximum atomic E-state index is 6.11. The summed E-state index contributed by atoms with van der Waals surface area (Å²) in [5.74, 6) is 1.53. The van der Waals surface area contributed by atoms with E-state index in [0.29, 0.717) is 5.92 Å². The van der Waals surface area contributed by atoms with E-state index in [1.54, 1.807) is 0 Å². The lowest BCUT2D eigenvalue weighted by atomic mass is 10.1. The Kier molecular flexibility index (Phi) is 5.63. The Labute approximate surface area is 148 Å². The number of nitrogens with one attached hydrogen (secondary N) is 2. The summed E-state index contributed by atoms with van der Waals surface area (Å²) < 4.78 is 5.45. The van der Waals surface area contributed by atoms with Gasteiger partial charge in [-0.3, -0.25) is 4.99 Å². The van der Waals surface area contributed by atoms with Crippen molar-refractivity contribution in [3.8, 4) is 0 Å². The minimum absolute atomic E-state index is 0.601. The van der Waals surface area contributed by atoms with Gasteiger partial charge in [0.2, 0.25) is 0 Å². The van der Waals surface area contributed by atoms with Crippen LogP contribution in [0, 0.1) is 5.92 Å². The van der Waals surface area contributed by atoms with Gasteiger partial charge in [0.05, 0.1) is 6.61 Å². The van der Waals surface area contributed by atoms with Gasteiger partial charge in [-0.05, 0) is 36.6 Å². The number of aliphatic imine (C=N–C) groups is 1. The second kappa shape index (κ2) is 7.90. The van der Waals surface area contributed by atoms with Gasteiger partial charge in [-0.2, -0.15) is 0 Å². The molecule has 1 aromatic carbocycles. The molecule has 0 spiro atoms. The van der Waals surface area contributed by atoms with Crippen molar-refractivity contribution >= 4 is 28.5 Å². The molecule has 1 aliphatic rings. The maximum Gasteiger partial charge on any atom is 0.193 e. The van der Waals surface area contributed by atoms with Crippen LogP contribution in [0.5, 0.6) is 0 Å². The van der Waals surface area contributed by atoms with Crippen LogP contribution < -0.4 is 5.32 Å². The molecule has 1 unspecified atom stereocenters. The van der Waals surface area contributed by atoms with Crippen LogP contribution in [-0.2, 0) is 11.2 Å². The second-order valence-corrected chi connectivity index (χ2v) is 6.77. The number of rotatable bonds is 5. The van der Waals surface area contributed by atoms with E-state index in [2.05, 4.69) is 33.4 Å². The maximum absolute atomic E-state index is 6.11. The molecule has 6 heteroatoms. The van der Waals surface area contributed by atoms with Crippen molar-refractivity contribution in [2.45, 2.75) is 12.8 Å². The third-order valence-electron chi connectivity index (χ3n) is 4.54. The van der Waals surface area contributed by atoms with E-state index in [0.717, 1.165) is 55.6 Å². The van der Waals surface area contributed by atoms with E-state index in [1.165, 1.54) is 10.9 Å². The number of ether oxygens (including phenoxy) is 1. The van der Waals surface area contributed by atoms with Gasteiger partial charge in [-0.25, -0.2) is 0 Å². The van der Waals surface area contributed by atoms with Crippen LogP contribution in [0.4, 0.5) is 0 Å². The molecule has 1 aromatic heterocycles. The van der Waals surface area contributed by atoms with Crippen molar-refractivity contribution in [3.63, 3.8) is 0 Å². The predicted molar refractivity (Wildman–Crippen MR) is 99.9 cm³/mol. The summed E-state index contributed by atoms with van der Waals surface area (Å²) in [6, 6.07) is 5.95. The minimum atomic E-state index is 0.601. The molecule has 24 heavy (non-hydrogen) atoms. The van der Waals surface area contributed by atoms with Crippen LogP contribution in [0.25, 0.3) is 10.9 Å². The number of hydrogen-bond donors (Lipinski definition) is 2. The summed E-state index contributed by atoms with van der Waals surface area (Å²) in [5.41, 5.74) is 2.39. The summed E-state index contributed by atoms with van der Waals surface area (Å²) in [5, 5.41) is 5.41. The van der Waals surface area contributed by atoms with E-state index in [1.807, 2.05) is 25.2 Å². The molecule has 1 atom stereocenters. The van der Waals surface area contributed by atoms with Gasteiger partial charge < -0.3 is 19.9 Å². The standard InChI is InChI=1S/C18H25ClN4O/c1-20-18(23(2)11-13-6-8-24-12-13)21-7-5-14-10-22-17-4-3-15(19)9-16(14)17/h3-4,9-10,13,22H,5-8,11-12H2,1-2H3,(H,20,21). The number of hydrogen-bond acceptors (Lipinski definition) is 2. The number of aromatic nitrogens is 1. The van der Waals surface area contributed by atoms with Crippen molar-refractivity contribution in [2.75, 3.05) is 40.4 Å². The summed E-state index contributed by atoms with van der Waals surface area (Å²) in [4.78, 5) is 9.87. The van der Waals surface area contributed by atoms with E-state index < -0.39 is 0 Å². The van der Waals surface area contributed by atoms with Gasteiger partial charge in [0.15, 0.2) is 5.96 Å². The lowest BCUT2D eigenvalue weighted by molar-refractivity contribution is 0.181. The molecule has 2 heterocycles. The van der Waals surface area contributed by atoms with Crippen LogP contribution in [-0.4, -0.2) is 56.2 Å². The second-order valence-electron chi connectivity index (χ2n) is 6.34. The lowest BCUT2D eigenvalue weighted by Crippen LogP contribution is -2.42. The highest BCUT2D eigenvalue weighted by molar-refractivity contribution is 6.31. The van der Waals surface area contributed by atoms with Crippen molar-refractivity contribution in [1.82, 2.24) is 15.2 Å². The fourth-order valence-corrected chi connectivity index (χ4v) is 3.42. The SMILES string of the molecule is CN=C(NCCc1c[nH]c2ccc(Cl)cc12)N(C)CC1CCOC1. The zero-order valence-electron chi connectivity index (χ0n) is 14.3. The van der Waals surface area contributed by atoms with Crippen molar-refractivity contribution in [3.05, 3.63) is 35.0 Å². The van der Waals surface area contributed by atoms with E-state index >= 15 is 0 Å². The smallest absolute Gasteiger partial charge is 0.193 e. The fourth-order valence-electron chi connectivity index (χ4n) is 3.25. The highest BCUT2D eigenvalue weighted by atomic mass is 35.5. The first-order chi connectivity index (χ1) is 11.7. The Hall–Kier alpha value is -1.72. The van der Waals surface area contributed by atoms with Gasteiger partial charge in [0, 0.05) is 61.8 Å². The number of guanidine groups is 1. The average molecular weight is 349 g/mol. The van der Waals surface area contributed by atoms with E-state index in [9.17, 15) is 0 Å². The molecule has 0 bridgehead atoms. The fraction of sp³-hybridized carbons (Fsp3) is 0.500. The molecule has 3 rings (SSSR count).